The lowest BCUT2D eigenvalue weighted by Crippen LogP contribution is -2.10. The summed E-state index contributed by atoms with van der Waals surface area (Å²) in [7, 11) is 2.43. The fourth-order valence-electron chi connectivity index (χ4n) is 1.82. The third-order valence-corrected chi connectivity index (χ3v) is 5.35. The van der Waals surface area contributed by atoms with Gasteiger partial charge in [0.05, 0.1) is 23.3 Å². The van der Waals surface area contributed by atoms with E-state index < -0.39 is 11.9 Å². The molecule has 0 aromatic carbocycles. The van der Waals surface area contributed by atoms with Gasteiger partial charge in [-0.25, -0.2) is 9.59 Å². The van der Waals surface area contributed by atoms with Crippen LogP contribution in [0.15, 0.2) is 24.3 Å². The molecule has 0 N–H and O–H groups in total. The number of nitriles is 2. The highest BCUT2D eigenvalue weighted by molar-refractivity contribution is 7.11. The number of nitrogens with zero attached hydrogens (tertiary/aromatic N) is 2. The summed E-state index contributed by atoms with van der Waals surface area (Å²) >= 11 is 2.50. The van der Waals surface area contributed by atoms with E-state index in [1.165, 1.54) is 36.9 Å². The SMILES string of the molecule is COC(=O)/C(C#N)=c1/cc/c(=c2\cc/c(=C(\C#N)C(=O)OC)s2)s1. The molecule has 6 nitrogen and oxygen atoms in total. The number of thiophene rings is 2. The van der Waals surface area contributed by atoms with Crippen LogP contribution in [0.3, 0.4) is 0 Å². The third kappa shape index (κ3) is 3.35. The van der Waals surface area contributed by atoms with E-state index in [1.807, 2.05) is 12.1 Å². The molecular formula is C16H10N2O4S2. The van der Waals surface area contributed by atoms with Crippen LogP contribution in [0.1, 0.15) is 0 Å². The molecule has 0 aliphatic rings. The number of hydrogen-bond acceptors (Lipinski definition) is 8. The Bertz CT molecular complexity index is 1010. The first-order valence-corrected chi connectivity index (χ1v) is 8.10. The van der Waals surface area contributed by atoms with E-state index in [0.717, 1.165) is 9.06 Å². The van der Waals surface area contributed by atoms with Gasteiger partial charge in [0.15, 0.2) is 11.1 Å². The molecule has 8 heteroatoms. The highest BCUT2D eigenvalue weighted by atomic mass is 32.1. The smallest absolute Gasteiger partial charge is 0.350 e. The van der Waals surface area contributed by atoms with Crippen LogP contribution in [0.4, 0.5) is 0 Å². The van der Waals surface area contributed by atoms with E-state index in [1.54, 1.807) is 24.3 Å². The summed E-state index contributed by atoms with van der Waals surface area (Å²) in [5.41, 5.74) is -0.131. The number of carbonyl (C=O) groups is 2. The molecule has 0 radical (unpaired) electrons. The van der Waals surface area contributed by atoms with Gasteiger partial charge in [-0.1, -0.05) is 0 Å². The summed E-state index contributed by atoms with van der Waals surface area (Å²) in [5.74, 6) is -1.38. The highest BCUT2D eigenvalue weighted by Crippen LogP contribution is 2.07. The molecular weight excluding hydrogens is 348 g/mol. The lowest BCUT2D eigenvalue weighted by atomic mass is 10.3. The molecule has 0 atom stereocenters. The molecule has 0 spiro atoms. The number of rotatable bonds is 2. The largest absolute Gasteiger partial charge is 0.465 e. The normalized spacial score (nSPS) is 14.0. The average molecular weight is 358 g/mol. The summed E-state index contributed by atoms with van der Waals surface area (Å²) in [5, 5.41) is 18.2. The maximum atomic E-state index is 11.6. The van der Waals surface area contributed by atoms with Crippen LogP contribution in [0, 0.1) is 31.7 Å². The standard InChI is InChI=1S/C16H10N2O4S2/c1-21-15(19)9(7-17)11-3-5-13(23-11)14-6-4-12(24-14)10(8-18)16(20)22-2/h3-6H,1-2H3/b11-9-,12-10-,14-13-. The van der Waals surface area contributed by atoms with Crippen LogP contribution in [0.2, 0.25) is 0 Å². The number of carbonyl (C=O) groups excluding carboxylic acids is 2. The maximum Gasteiger partial charge on any atom is 0.350 e. The van der Waals surface area contributed by atoms with Crippen LogP contribution in [0.25, 0.3) is 11.1 Å². The molecule has 0 aliphatic carbocycles. The second-order valence-corrected chi connectivity index (χ2v) is 6.45. The van der Waals surface area contributed by atoms with E-state index in [4.69, 9.17) is 10.5 Å². The van der Waals surface area contributed by atoms with Gasteiger partial charge in [0.25, 0.3) is 0 Å². The lowest BCUT2D eigenvalue weighted by molar-refractivity contribution is -0.134. The number of methoxy groups -OCH3 is 2. The Morgan fingerprint density at radius 2 is 1.21 bits per heavy atom. The van der Waals surface area contributed by atoms with Gasteiger partial charge in [-0.2, -0.15) is 10.5 Å². The second-order valence-electron chi connectivity index (χ2n) is 4.28. The van der Waals surface area contributed by atoms with Crippen molar-refractivity contribution in [1.29, 1.82) is 10.5 Å². The Morgan fingerprint density at radius 3 is 1.50 bits per heavy atom. The number of ether oxygens (including phenoxy) is 2. The van der Waals surface area contributed by atoms with E-state index in [9.17, 15) is 9.59 Å². The Balaban J connectivity index is 2.76. The monoisotopic (exact) mass is 358 g/mol. The zero-order valence-corrected chi connectivity index (χ0v) is 14.3. The van der Waals surface area contributed by atoms with Crippen LogP contribution in [-0.2, 0) is 19.1 Å². The molecule has 0 bridgehead atoms. The van der Waals surface area contributed by atoms with Crippen molar-refractivity contribution in [1.82, 2.24) is 0 Å². The zero-order chi connectivity index (χ0) is 17.7. The summed E-state index contributed by atoms with van der Waals surface area (Å²) in [6, 6.07) is 10.5. The summed E-state index contributed by atoms with van der Waals surface area (Å²) in [4.78, 5) is 23.1. The molecule has 0 fully saturated rings. The molecule has 0 saturated heterocycles. The minimum Gasteiger partial charge on any atom is -0.465 e. The Labute approximate surface area is 144 Å². The van der Waals surface area contributed by atoms with Crippen molar-refractivity contribution < 1.29 is 19.1 Å². The van der Waals surface area contributed by atoms with Crippen molar-refractivity contribution in [2.24, 2.45) is 0 Å². The summed E-state index contributed by atoms with van der Waals surface area (Å²) in [6.07, 6.45) is 0. The Morgan fingerprint density at radius 1 is 0.833 bits per heavy atom. The molecule has 2 aromatic heterocycles. The molecule has 0 amide bonds. The molecule has 0 aliphatic heterocycles. The third-order valence-electron chi connectivity index (χ3n) is 2.95. The molecule has 0 saturated carbocycles. The van der Waals surface area contributed by atoms with Crippen molar-refractivity contribution in [3.05, 3.63) is 42.4 Å². The topological polar surface area (TPSA) is 100 Å². The average Bonchev–Trinajstić information content (AvgIpc) is 3.25. The second kappa shape index (κ2) is 7.55. The summed E-state index contributed by atoms with van der Waals surface area (Å²) < 4.78 is 11.8. The van der Waals surface area contributed by atoms with Gasteiger partial charge in [0.2, 0.25) is 0 Å². The maximum absolute atomic E-state index is 11.6. The van der Waals surface area contributed by atoms with Crippen LogP contribution in [-0.4, -0.2) is 26.2 Å². The van der Waals surface area contributed by atoms with Gasteiger partial charge in [-0.05, 0) is 24.3 Å². The van der Waals surface area contributed by atoms with Crippen molar-refractivity contribution in [2.45, 2.75) is 0 Å². The predicted molar refractivity (Wildman–Crippen MR) is 87.6 cm³/mol. The van der Waals surface area contributed by atoms with E-state index in [-0.39, 0.29) is 11.1 Å². The lowest BCUT2D eigenvalue weighted by Gasteiger charge is -1.92. The van der Waals surface area contributed by atoms with Gasteiger partial charge < -0.3 is 9.47 Å². The van der Waals surface area contributed by atoms with Gasteiger partial charge >= 0.3 is 11.9 Å². The highest BCUT2D eigenvalue weighted by Gasteiger charge is 2.11. The van der Waals surface area contributed by atoms with Crippen molar-refractivity contribution in [3.8, 4) is 12.1 Å². The molecule has 120 valence electrons. The van der Waals surface area contributed by atoms with Gasteiger partial charge in [-0.15, -0.1) is 22.7 Å². The molecule has 2 aromatic rings. The van der Waals surface area contributed by atoms with Gasteiger partial charge in [0, 0.05) is 9.06 Å². The number of esters is 2. The first-order chi connectivity index (χ1) is 11.5. The van der Waals surface area contributed by atoms with E-state index in [2.05, 4.69) is 9.47 Å². The Hall–Kier alpha value is -2.94. The minimum atomic E-state index is -0.691. The van der Waals surface area contributed by atoms with Crippen molar-refractivity contribution in [2.75, 3.05) is 14.2 Å². The van der Waals surface area contributed by atoms with E-state index in [0.29, 0.717) is 9.06 Å². The quantitative estimate of drug-likeness (QED) is 0.736. The van der Waals surface area contributed by atoms with Crippen LogP contribution >= 0.6 is 22.7 Å². The van der Waals surface area contributed by atoms with Gasteiger partial charge in [-0.3, -0.25) is 0 Å². The van der Waals surface area contributed by atoms with Crippen LogP contribution in [0.5, 0.6) is 0 Å². The van der Waals surface area contributed by atoms with Crippen molar-refractivity contribution in [3.63, 3.8) is 0 Å². The molecule has 24 heavy (non-hydrogen) atoms. The summed E-state index contributed by atoms with van der Waals surface area (Å²) in [6.45, 7) is 0. The predicted octanol–water partition coefficient (Wildman–Crippen LogP) is 0.791. The zero-order valence-electron chi connectivity index (χ0n) is 12.7. The minimum absolute atomic E-state index is 0.0654. The fraction of sp³-hybridized carbons (Fsp3) is 0.125. The first kappa shape index (κ1) is 17.4. The first-order valence-electron chi connectivity index (χ1n) is 6.47. The van der Waals surface area contributed by atoms with Crippen molar-refractivity contribution >= 4 is 45.8 Å². The molecule has 2 heterocycles. The van der Waals surface area contributed by atoms with Crippen LogP contribution < -0.4 is 9.06 Å². The van der Waals surface area contributed by atoms with Gasteiger partial charge in [0.1, 0.15) is 12.1 Å². The van der Waals surface area contributed by atoms with E-state index >= 15 is 0 Å². The molecule has 0 unspecified atom stereocenters. The molecule has 2 rings (SSSR count). The number of hydrogen-bond donors (Lipinski definition) is 0. The fourth-order valence-corrected chi connectivity index (χ4v) is 3.88. The Kier molecular flexibility index (Phi) is 5.48.